The molecule has 4 rings (SSSR count). The van der Waals surface area contributed by atoms with Crippen molar-refractivity contribution in [3.05, 3.63) is 71.3 Å². The van der Waals surface area contributed by atoms with Gasteiger partial charge in [-0.1, -0.05) is 42.5 Å². The molecule has 4 amide bonds. The maximum Gasteiger partial charge on any atom is 0.262 e. The quantitative estimate of drug-likeness (QED) is 0.684. The lowest BCUT2D eigenvalue weighted by molar-refractivity contribution is -0.142. The second-order valence-corrected chi connectivity index (χ2v) is 7.60. The molecule has 1 saturated heterocycles. The van der Waals surface area contributed by atoms with Gasteiger partial charge in [-0.05, 0) is 17.7 Å². The van der Waals surface area contributed by atoms with E-state index < -0.39 is 29.8 Å². The second kappa shape index (κ2) is 8.69. The van der Waals surface area contributed by atoms with E-state index in [1.54, 1.807) is 24.3 Å². The van der Waals surface area contributed by atoms with E-state index in [4.69, 9.17) is 0 Å². The number of likely N-dealkylation sites (N-methyl/N-ethyl adjacent to an activating group) is 1. The van der Waals surface area contributed by atoms with Gasteiger partial charge < -0.3 is 15.5 Å². The number of nitrogens with zero attached hydrogens (tertiary/aromatic N) is 2. The van der Waals surface area contributed by atoms with E-state index in [2.05, 4.69) is 10.6 Å². The lowest BCUT2D eigenvalue weighted by atomic mass is 10.0. The van der Waals surface area contributed by atoms with Gasteiger partial charge in [0.15, 0.2) is 0 Å². The maximum absolute atomic E-state index is 13.6. The Bertz CT molecular complexity index is 988. The zero-order valence-corrected chi connectivity index (χ0v) is 17.2. The summed E-state index contributed by atoms with van der Waals surface area (Å²) in [6.45, 7) is 0.893. The van der Waals surface area contributed by atoms with Crippen LogP contribution in [0.15, 0.2) is 54.6 Å². The average Bonchev–Trinajstić information content (AvgIpc) is 2.92. The van der Waals surface area contributed by atoms with Crippen molar-refractivity contribution in [2.24, 2.45) is 0 Å². The zero-order valence-electron chi connectivity index (χ0n) is 17.2. The first-order valence-electron chi connectivity index (χ1n) is 10.3. The van der Waals surface area contributed by atoms with Crippen molar-refractivity contribution < 1.29 is 19.2 Å². The first-order valence-corrected chi connectivity index (χ1v) is 10.3. The Morgan fingerprint density at radius 2 is 1.65 bits per heavy atom. The largest absolute Gasteiger partial charge is 0.357 e. The number of benzene rings is 2. The lowest BCUT2D eigenvalue weighted by Crippen LogP contribution is -2.57. The normalized spacial score (nSPS) is 19.8. The Hall–Kier alpha value is -3.52. The summed E-state index contributed by atoms with van der Waals surface area (Å²) in [5.74, 6) is -1.67. The number of carbonyl (C=O) groups is 4. The number of fused-ring (bicyclic) bond motifs is 1. The van der Waals surface area contributed by atoms with Crippen LogP contribution in [0.3, 0.4) is 0 Å². The summed E-state index contributed by atoms with van der Waals surface area (Å²) >= 11 is 0. The molecule has 0 bridgehead atoms. The van der Waals surface area contributed by atoms with E-state index in [0.717, 1.165) is 10.5 Å². The van der Waals surface area contributed by atoms with Gasteiger partial charge in [0.2, 0.25) is 11.8 Å². The molecular weight excluding hydrogens is 396 g/mol. The smallest absolute Gasteiger partial charge is 0.262 e. The van der Waals surface area contributed by atoms with E-state index in [1.165, 1.54) is 11.9 Å². The number of hydrogen-bond donors (Lipinski definition) is 2. The van der Waals surface area contributed by atoms with Crippen molar-refractivity contribution in [2.45, 2.75) is 18.5 Å². The first kappa shape index (κ1) is 20.7. The predicted octanol–water partition coefficient (Wildman–Crippen LogP) is 0.440. The highest BCUT2D eigenvalue weighted by molar-refractivity contribution is 6.23. The second-order valence-electron chi connectivity index (χ2n) is 7.60. The highest BCUT2D eigenvalue weighted by atomic mass is 16.2. The summed E-state index contributed by atoms with van der Waals surface area (Å²) in [5, 5.41) is 5.78. The fourth-order valence-electron chi connectivity index (χ4n) is 4.18. The van der Waals surface area contributed by atoms with Crippen LogP contribution in [0.25, 0.3) is 0 Å². The zero-order chi connectivity index (χ0) is 22.0. The molecule has 2 N–H and O–H groups in total. The van der Waals surface area contributed by atoms with Crippen LogP contribution in [-0.4, -0.2) is 72.2 Å². The van der Waals surface area contributed by atoms with Gasteiger partial charge in [0.1, 0.15) is 12.1 Å². The number of hydrogen-bond acceptors (Lipinski definition) is 5. The Kier molecular flexibility index (Phi) is 5.81. The Morgan fingerprint density at radius 3 is 2.26 bits per heavy atom. The van der Waals surface area contributed by atoms with E-state index in [9.17, 15) is 19.2 Å². The molecule has 2 unspecified atom stereocenters. The van der Waals surface area contributed by atoms with Gasteiger partial charge >= 0.3 is 0 Å². The molecule has 160 valence electrons. The van der Waals surface area contributed by atoms with Crippen LogP contribution in [0.4, 0.5) is 0 Å². The number of imide groups is 1. The van der Waals surface area contributed by atoms with Crippen LogP contribution < -0.4 is 10.6 Å². The Morgan fingerprint density at radius 1 is 1.03 bits per heavy atom. The first-order chi connectivity index (χ1) is 15.0. The minimum absolute atomic E-state index is 0.145. The van der Waals surface area contributed by atoms with Gasteiger partial charge in [-0.2, -0.15) is 0 Å². The monoisotopic (exact) mass is 420 g/mol. The molecule has 0 spiro atoms. The summed E-state index contributed by atoms with van der Waals surface area (Å²) in [4.78, 5) is 54.7. The van der Waals surface area contributed by atoms with Crippen molar-refractivity contribution in [1.29, 1.82) is 0 Å². The standard InChI is InChI=1S/C23H24N4O4/c1-24-20(28)18(13-15-7-3-2-4-8-15)26-12-11-25-14-19(23(26)31)27-21(29)16-9-5-6-10-17(16)22(27)30/h2-10,18-19,25H,11-14H2,1H3,(H,24,28). The van der Waals surface area contributed by atoms with Gasteiger partial charge in [-0.25, -0.2) is 0 Å². The molecule has 0 aliphatic carbocycles. The van der Waals surface area contributed by atoms with Crippen molar-refractivity contribution >= 4 is 23.6 Å². The number of carbonyl (C=O) groups excluding carboxylic acids is 4. The van der Waals surface area contributed by atoms with E-state index >= 15 is 0 Å². The minimum Gasteiger partial charge on any atom is -0.357 e. The highest BCUT2D eigenvalue weighted by Crippen LogP contribution is 2.26. The van der Waals surface area contributed by atoms with Crippen molar-refractivity contribution in [2.75, 3.05) is 26.7 Å². The molecule has 8 nitrogen and oxygen atoms in total. The van der Waals surface area contributed by atoms with Crippen LogP contribution in [-0.2, 0) is 16.0 Å². The number of amides is 4. The van der Waals surface area contributed by atoms with E-state index in [1.807, 2.05) is 30.3 Å². The summed E-state index contributed by atoms with van der Waals surface area (Å²) in [6.07, 6.45) is 0.334. The topological polar surface area (TPSA) is 98.8 Å². The highest BCUT2D eigenvalue weighted by Gasteiger charge is 2.46. The maximum atomic E-state index is 13.6. The van der Waals surface area contributed by atoms with E-state index in [0.29, 0.717) is 30.6 Å². The molecule has 2 atom stereocenters. The molecule has 31 heavy (non-hydrogen) atoms. The van der Waals surface area contributed by atoms with Gasteiger partial charge in [0.25, 0.3) is 11.8 Å². The van der Waals surface area contributed by atoms with Gasteiger partial charge in [-0.15, -0.1) is 0 Å². The fourth-order valence-corrected chi connectivity index (χ4v) is 4.18. The molecule has 2 heterocycles. The number of rotatable bonds is 5. The van der Waals surface area contributed by atoms with Crippen LogP contribution in [0.1, 0.15) is 26.3 Å². The Balaban J connectivity index is 1.65. The minimum atomic E-state index is -1.02. The van der Waals surface area contributed by atoms with Crippen molar-refractivity contribution in [1.82, 2.24) is 20.4 Å². The van der Waals surface area contributed by atoms with Crippen molar-refractivity contribution in [3.8, 4) is 0 Å². The molecule has 2 aromatic rings. The van der Waals surface area contributed by atoms with Gasteiger partial charge in [0, 0.05) is 33.1 Å². The van der Waals surface area contributed by atoms with Crippen molar-refractivity contribution in [3.63, 3.8) is 0 Å². The SMILES string of the molecule is CNC(=O)C(Cc1ccccc1)N1CCNCC(N2C(=O)c3ccccc3C2=O)C1=O. The molecule has 8 heteroatoms. The third-order valence-corrected chi connectivity index (χ3v) is 5.77. The molecule has 1 fully saturated rings. The molecule has 0 aromatic heterocycles. The Labute approximate surface area is 180 Å². The lowest BCUT2D eigenvalue weighted by Gasteiger charge is -2.33. The van der Waals surface area contributed by atoms with E-state index in [-0.39, 0.29) is 12.5 Å². The third kappa shape index (κ3) is 3.82. The van der Waals surface area contributed by atoms with Crippen LogP contribution >= 0.6 is 0 Å². The molecule has 2 aromatic carbocycles. The summed E-state index contributed by atoms with van der Waals surface area (Å²) in [6, 6.07) is 14.2. The fraction of sp³-hybridized carbons (Fsp3) is 0.304. The predicted molar refractivity (Wildman–Crippen MR) is 113 cm³/mol. The molecule has 0 saturated carbocycles. The average molecular weight is 420 g/mol. The van der Waals surface area contributed by atoms with Gasteiger partial charge in [0.05, 0.1) is 11.1 Å². The van der Waals surface area contributed by atoms with Crippen LogP contribution in [0.5, 0.6) is 0 Å². The summed E-state index contributed by atoms with van der Waals surface area (Å²) in [7, 11) is 1.53. The van der Waals surface area contributed by atoms with Crippen LogP contribution in [0, 0.1) is 0 Å². The molecular formula is C23H24N4O4. The molecule has 2 aliphatic rings. The van der Waals surface area contributed by atoms with Crippen LogP contribution in [0.2, 0.25) is 0 Å². The van der Waals surface area contributed by atoms with Gasteiger partial charge in [-0.3, -0.25) is 24.1 Å². The molecule has 2 aliphatic heterocycles. The summed E-state index contributed by atoms with van der Waals surface area (Å²) < 4.78 is 0. The third-order valence-electron chi connectivity index (χ3n) is 5.77. The summed E-state index contributed by atoms with van der Waals surface area (Å²) in [5.41, 5.74) is 1.50. The molecule has 0 radical (unpaired) electrons. The number of nitrogens with one attached hydrogen (secondary N) is 2.